The lowest BCUT2D eigenvalue weighted by Gasteiger charge is -2.49. The van der Waals surface area contributed by atoms with Gasteiger partial charge < -0.3 is 10.2 Å². The van der Waals surface area contributed by atoms with Gasteiger partial charge in [0, 0.05) is 19.0 Å². The molecule has 30 heavy (non-hydrogen) atoms. The van der Waals surface area contributed by atoms with Gasteiger partial charge in [-0.1, -0.05) is 44.0 Å². The summed E-state index contributed by atoms with van der Waals surface area (Å²) in [7, 11) is 0. The number of nitrogens with zero attached hydrogens (tertiary/aromatic N) is 4. The Labute approximate surface area is 178 Å². The fourth-order valence-corrected chi connectivity index (χ4v) is 5.72. The molecule has 1 aromatic heterocycles. The Morgan fingerprint density at radius 3 is 2.73 bits per heavy atom. The number of aliphatic hydroxyl groups excluding tert-OH is 1. The second-order valence-corrected chi connectivity index (χ2v) is 9.49. The van der Waals surface area contributed by atoms with Crippen LogP contribution in [-0.4, -0.2) is 54.9 Å². The summed E-state index contributed by atoms with van der Waals surface area (Å²) >= 11 is 0. The van der Waals surface area contributed by atoms with Crippen LogP contribution in [-0.2, 0) is 4.79 Å². The number of hydrogen-bond acceptors (Lipinski definition) is 5. The van der Waals surface area contributed by atoms with Gasteiger partial charge in [-0.2, -0.15) is 0 Å². The third-order valence-electron chi connectivity index (χ3n) is 7.36. The number of carboxylic acids is 1. The van der Waals surface area contributed by atoms with E-state index in [-0.39, 0.29) is 29.8 Å². The molecule has 7 heteroatoms. The molecule has 5 unspecified atom stereocenters. The topological polar surface area (TPSA) is 91.5 Å². The van der Waals surface area contributed by atoms with E-state index in [2.05, 4.69) is 29.1 Å². The first-order chi connectivity index (χ1) is 14.4. The molecule has 2 N–H and O–H groups in total. The molecule has 2 aromatic rings. The fourth-order valence-electron chi connectivity index (χ4n) is 5.72. The van der Waals surface area contributed by atoms with Crippen molar-refractivity contribution >= 4 is 17.0 Å². The molecule has 164 valence electrons. The van der Waals surface area contributed by atoms with Crippen LogP contribution in [0.3, 0.4) is 0 Å². The Morgan fingerprint density at radius 2 is 2.00 bits per heavy atom. The minimum absolute atomic E-state index is 0.0195. The van der Waals surface area contributed by atoms with Gasteiger partial charge >= 0.3 is 5.97 Å². The second kappa shape index (κ2) is 8.63. The van der Waals surface area contributed by atoms with Crippen molar-refractivity contribution in [2.24, 2.45) is 17.8 Å². The minimum atomic E-state index is -0.675. The predicted octanol–water partition coefficient (Wildman–Crippen LogP) is 3.61. The quantitative estimate of drug-likeness (QED) is 0.750. The second-order valence-electron chi connectivity index (χ2n) is 9.49. The zero-order valence-electron chi connectivity index (χ0n) is 18.2. The summed E-state index contributed by atoms with van der Waals surface area (Å²) in [5, 5.41) is 29.8. The van der Waals surface area contributed by atoms with Gasteiger partial charge in [0.15, 0.2) is 0 Å². The zero-order valence-corrected chi connectivity index (χ0v) is 18.2. The molecule has 1 aliphatic heterocycles. The molecular formula is C23H34N4O3. The standard InChI is InChI=1S/C23H34N4O3/c1-14(2)20(27-19-10-6-7-15(3)22(19)24-25-27)13-21(28)26-12-11-17(23(29)30)16-8-4-5-9-18(16)26/h6-7,10,14,16-18,20-21,28H,4-5,8-9,11-13H2,1-3H3,(H,29,30). The van der Waals surface area contributed by atoms with Crippen molar-refractivity contribution in [3.63, 3.8) is 0 Å². The highest BCUT2D eigenvalue weighted by molar-refractivity contribution is 5.77. The van der Waals surface area contributed by atoms with Crippen LogP contribution in [0.2, 0.25) is 0 Å². The average Bonchev–Trinajstić information content (AvgIpc) is 3.15. The molecule has 5 atom stereocenters. The van der Waals surface area contributed by atoms with E-state index in [0.29, 0.717) is 19.4 Å². The molecule has 1 aromatic carbocycles. The Hall–Kier alpha value is -1.99. The van der Waals surface area contributed by atoms with Crippen LogP contribution < -0.4 is 0 Å². The van der Waals surface area contributed by atoms with Gasteiger partial charge in [0.1, 0.15) is 11.7 Å². The molecule has 0 amide bonds. The Bertz CT molecular complexity index is 896. The van der Waals surface area contributed by atoms with Crippen molar-refractivity contribution in [2.75, 3.05) is 6.54 Å². The third kappa shape index (κ3) is 3.85. The van der Waals surface area contributed by atoms with E-state index in [1.54, 1.807) is 0 Å². The first kappa shape index (κ1) is 21.2. The van der Waals surface area contributed by atoms with Crippen molar-refractivity contribution in [3.8, 4) is 0 Å². The highest BCUT2D eigenvalue weighted by Crippen LogP contribution is 2.41. The number of rotatable bonds is 6. The number of carboxylic acid groups (broad SMARTS) is 1. The van der Waals surface area contributed by atoms with Gasteiger partial charge in [-0.05, 0) is 49.7 Å². The molecule has 2 heterocycles. The average molecular weight is 415 g/mol. The van der Waals surface area contributed by atoms with Crippen molar-refractivity contribution in [1.82, 2.24) is 19.9 Å². The fraction of sp³-hybridized carbons (Fsp3) is 0.696. The monoisotopic (exact) mass is 414 g/mol. The molecule has 0 spiro atoms. The molecule has 4 rings (SSSR count). The van der Waals surface area contributed by atoms with E-state index in [1.165, 1.54) is 0 Å². The number of aryl methyl sites for hydroxylation is 1. The number of aliphatic carboxylic acids is 1. The lowest BCUT2D eigenvalue weighted by molar-refractivity contribution is -0.154. The van der Waals surface area contributed by atoms with Crippen molar-refractivity contribution in [3.05, 3.63) is 23.8 Å². The van der Waals surface area contributed by atoms with Crippen LogP contribution in [0, 0.1) is 24.7 Å². The summed E-state index contributed by atoms with van der Waals surface area (Å²) < 4.78 is 1.97. The summed E-state index contributed by atoms with van der Waals surface area (Å²) in [6.45, 7) is 6.99. The van der Waals surface area contributed by atoms with Crippen LogP contribution >= 0.6 is 0 Å². The van der Waals surface area contributed by atoms with Gasteiger partial charge in [-0.3, -0.25) is 9.69 Å². The van der Waals surface area contributed by atoms with Gasteiger partial charge in [0.2, 0.25) is 0 Å². The molecule has 7 nitrogen and oxygen atoms in total. The number of fused-ring (bicyclic) bond motifs is 2. The maximum Gasteiger partial charge on any atom is 0.306 e. The molecule has 0 bridgehead atoms. The Balaban J connectivity index is 1.56. The number of likely N-dealkylation sites (tertiary alicyclic amines) is 1. The predicted molar refractivity (Wildman–Crippen MR) is 115 cm³/mol. The van der Waals surface area contributed by atoms with E-state index in [0.717, 1.165) is 42.3 Å². The SMILES string of the molecule is Cc1cccc2c1nnn2C(CC(O)N1CCC(C(=O)O)C2CCCCC21)C(C)C. The highest BCUT2D eigenvalue weighted by atomic mass is 16.4. The number of aliphatic hydroxyl groups is 1. The molecular weight excluding hydrogens is 380 g/mol. The summed E-state index contributed by atoms with van der Waals surface area (Å²) in [6.07, 6.45) is 4.69. The molecule has 2 fully saturated rings. The lowest BCUT2D eigenvalue weighted by atomic mass is 9.71. The number of carbonyl (C=O) groups is 1. The number of aromatic nitrogens is 3. The van der Waals surface area contributed by atoms with Gasteiger partial charge in [-0.25, -0.2) is 4.68 Å². The largest absolute Gasteiger partial charge is 0.481 e. The number of benzene rings is 1. The lowest BCUT2D eigenvalue weighted by Crippen LogP contribution is -2.56. The Kier molecular flexibility index (Phi) is 6.11. The van der Waals surface area contributed by atoms with Crippen LogP contribution in [0.15, 0.2) is 18.2 Å². The molecule has 0 radical (unpaired) electrons. The van der Waals surface area contributed by atoms with Gasteiger partial charge in [0.05, 0.1) is 17.5 Å². The first-order valence-corrected chi connectivity index (χ1v) is 11.4. The third-order valence-corrected chi connectivity index (χ3v) is 7.36. The van der Waals surface area contributed by atoms with Crippen LogP contribution in [0.4, 0.5) is 0 Å². The van der Waals surface area contributed by atoms with Crippen LogP contribution in [0.1, 0.15) is 64.0 Å². The van der Waals surface area contributed by atoms with Crippen LogP contribution in [0.5, 0.6) is 0 Å². The molecule has 1 saturated heterocycles. The summed E-state index contributed by atoms with van der Waals surface area (Å²) in [6, 6.07) is 6.28. The Morgan fingerprint density at radius 1 is 1.23 bits per heavy atom. The number of piperidine rings is 1. The van der Waals surface area contributed by atoms with Gasteiger partial charge in [-0.15, -0.1) is 5.10 Å². The van der Waals surface area contributed by atoms with E-state index < -0.39 is 12.2 Å². The highest BCUT2D eigenvalue weighted by Gasteiger charge is 2.44. The minimum Gasteiger partial charge on any atom is -0.481 e. The van der Waals surface area contributed by atoms with E-state index >= 15 is 0 Å². The summed E-state index contributed by atoms with van der Waals surface area (Å²) in [5.41, 5.74) is 3.01. The molecule has 2 aliphatic rings. The maximum atomic E-state index is 11.8. The van der Waals surface area contributed by atoms with Crippen molar-refractivity contribution in [2.45, 2.75) is 77.6 Å². The summed E-state index contributed by atoms with van der Waals surface area (Å²) in [4.78, 5) is 13.9. The first-order valence-electron chi connectivity index (χ1n) is 11.4. The van der Waals surface area contributed by atoms with E-state index in [4.69, 9.17) is 0 Å². The van der Waals surface area contributed by atoms with Crippen molar-refractivity contribution in [1.29, 1.82) is 0 Å². The normalized spacial score (nSPS) is 27.2. The number of hydrogen-bond donors (Lipinski definition) is 2. The molecule has 1 saturated carbocycles. The smallest absolute Gasteiger partial charge is 0.306 e. The van der Waals surface area contributed by atoms with E-state index in [9.17, 15) is 15.0 Å². The molecule has 1 aliphatic carbocycles. The van der Waals surface area contributed by atoms with Crippen molar-refractivity contribution < 1.29 is 15.0 Å². The summed E-state index contributed by atoms with van der Waals surface area (Å²) in [5.74, 6) is -0.525. The van der Waals surface area contributed by atoms with Crippen LogP contribution in [0.25, 0.3) is 11.0 Å². The maximum absolute atomic E-state index is 11.8. The zero-order chi connectivity index (χ0) is 21.4. The van der Waals surface area contributed by atoms with E-state index in [1.807, 2.05) is 29.8 Å². The van der Waals surface area contributed by atoms with Gasteiger partial charge in [0.25, 0.3) is 0 Å².